The van der Waals surface area contributed by atoms with Crippen LogP contribution in [0.3, 0.4) is 0 Å². The molecular weight excluding hydrogens is 238 g/mol. The molecule has 0 aromatic heterocycles. The summed E-state index contributed by atoms with van der Waals surface area (Å²) in [5.74, 6) is 1.36. The Morgan fingerprint density at radius 2 is 1.74 bits per heavy atom. The zero-order valence-corrected chi connectivity index (χ0v) is 13.3. The Morgan fingerprint density at radius 3 is 2.16 bits per heavy atom. The van der Waals surface area contributed by atoms with Crippen molar-refractivity contribution in [1.29, 1.82) is 0 Å². The summed E-state index contributed by atoms with van der Waals surface area (Å²) in [4.78, 5) is 16.3. The van der Waals surface area contributed by atoms with Gasteiger partial charge >= 0.3 is 6.03 Å². The van der Waals surface area contributed by atoms with Crippen LogP contribution >= 0.6 is 0 Å². The molecule has 0 aliphatic carbocycles. The molecule has 112 valence electrons. The topological polar surface area (TPSA) is 35.6 Å². The van der Waals surface area contributed by atoms with Gasteiger partial charge < -0.3 is 10.2 Å². The lowest BCUT2D eigenvalue weighted by Gasteiger charge is -2.46. The van der Waals surface area contributed by atoms with Gasteiger partial charge in [-0.15, -0.1) is 0 Å². The Morgan fingerprint density at radius 1 is 1.21 bits per heavy atom. The Hall–Kier alpha value is -0.770. The van der Waals surface area contributed by atoms with Crippen LogP contribution in [-0.2, 0) is 0 Å². The van der Waals surface area contributed by atoms with Gasteiger partial charge in [-0.25, -0.2) is 4.79 Å². The fraction of sp³-hybridized carbons (Fsp3) is 0.933. The number of carbonyl (C=O) groups excluding carboxylic acids is 1. The third-order valence-electron chi connectivity index (χ3n) is 3.39. The number of rotatable bonds is 7. The first-order chi connectivity index (χ1) is 8.93. The number of likely N-dealkylation sites (tertiary alicyclic amines) is 1. The second kappa shape index (κ2) is 7.73. The van der Waals surface area contributed by atoms with Crippen molar-refractivity contribution in [1.82, 2.24) is 15.1 Å². The number of urea groups is 1. The van der Waals surface area contributed by atoms with Crippen LogP contribution in [0.2, 0.25) is 0 Å². The van der Waals surface area contributed by atoms with Gasteiger partial charge in [0.15, 0.2) is 0 Å². The Bertz CT molecular complexity index is 263. The lowest BCUT2D eigenvalue weighted by molar-refractivity contribution is 0.0424. The Labute approximate surface area is 118 Å². The average Bonchev–Trinajstić information content (AvgIpc) is 2.22. The van der Waals surface area contributed by atoms with E-state index in [-0.39, 0.29) is 6.03 Å². The van der Waals surface area contributed by atoms with Crippen LogP contribution in [0.25, 0.3) is 0 Å². The molecule has 0 aromatic rings. The molecule has 0 radical (unpaired) electrons. The smallest absolute Gasteiger partial charge is 0.317 e. The van der Waals surface area contributed by atoms with Gasteiger partial charge in [-0.3, -0.25) is 4.90 Å². The van der Waals surface area contributed by atoms with Gasteiger partial charge in [-0.05, 0) is 18.3 Å². The number of carbonyl (C=O) groups is 1. The lowest BCUT2D eigenvalue weighted by atomic mass is 10.0. The average molecular weight is 269 g/mol. The van der Waals surface area contributed by atoms with E-state index < -0.39 is 0 Å². The summed E-state index contributed by atoms with van der Waals surface area (Å²) in [6, 6.07) is 0.657. The van der Waals surface area contributed by atoms with Gasteiger partial charge in [0.25, 0.3) is 0 Å². The lowest BCUT2D eigenvalue weighted by Crippen LogP contribution is -2.63. The van der Waals surface area contributed by atoms with Gasteiger partial charge in [0.2, 0.25) is 0 Å². The Kier molecular flexibility index (Phi) is 6.63. The molecule has 1 N–H and O–H groups in total. The first-order valence-corrected chi connectivity index (χ1v) is 7.70. The fourth-order valence-electron chi connectivity index (χ4n) is 2.51. The normalized spacial score (nSPS) is 16.3. The third-order valence-corrected chi connectivity index (χ3v) is 3.39. The summed E-state index contributed by atoms with van der Waals surface area (Å²) in [6.45, 7) is 15.9. The zero-order chi connectivity index (χ0) is 14.4. The van der Waals surface area contributed by atoms with E-state index in [4.69, 9.17) is 0 Å². The van der Waals surface area contributed by atoms with Crippen LogP contribution in [0.5, 0.6) is 0 Å². The van der Waals surface area contributed by atoms with Crippen LogP contribution in [0, 0.1) is 11.8 Å². The fourth-order valence-corrected chi connectivity index (χ4v) is 2.51. The molecule has 0 bridgehead atoms. The minimum atomic E-state index is 0.104. The molecule has 19 heavy (non-hydrogen) atoms. The van der Waals surface area contributed by atoms with Crippen molar-refractivity contribution in [3.8, 4) is 0 Å². The van der Waals surface area contributed by atoms with Crippen molar-refractivity contribution in [3.05, 3.63) is 0 Å². The van der Waals surface area contributed by atoms with E-state index in [0.29, 0.717) is 17.9 Å². The number of amides is 2. The SMILES string of the molecule is CCCNC(=O)N1CC(N(CC(C)C)CC(C)C)C1. The summed E-state index contributed by atoms with van der Waals surface area (Å²) in [5.41, 5.74) is 0. The van der Waals surface area contributed by atoms with Crippen molar-refractivity contribution in [3.63, 3.8) is 0 Å². The van der Waals surface area contributed by atoms with Gasteiger partial charge in [0, 0.05) is 38.8 Å². The Balaban J connectivity index is 2.37. The molecule has 0 atom stereocenters. The predicted octanol–water partition coefficient (Wildman–Crippen LogP) is 2.40. The van der Waals surface area contributed by atoms with Crippen molar-refractivity contribution < 1.29 is 4.79 Å². The van der Waals surface area contributed by atoms with E-state index in [1.54, 1.807) is 0 Å². The zero-order valence-electron chi connectivity index (χ0n) is 13.3. The molecule has 2 amide bonds. The van der Waals surface area contributed by atoms with E-state index in [0.717, 1.165) is 39.1 Å². The van der Waals surface area contributed by atoms with Crippen molar-refractivity contribution in [2.45, 2.75) is 47.1 Å². The van der Waals surface area contributed by atoms with E-state index in [1.165, 1.54) is 0 Å². The van der Waals surface area contributed by atoms with Gasteiger partial charge in [0.1, 0.15) is 0 Å². The molecule has 4 heteroatoms. The van der Waals surface area contributed by atoms with Gasteiger partial charge in [0.05, 0.1) is 0 Å². The predicted molar refractivity (Wildman–Crippen MR) is 80.3 cm³/mol. The minimum absolute atomic E-state index is 0.104. The van der Waals surface area contributed by atoms with Crippen molar-refractivity contribution >= 4 is 6.03 Å². The van der Waals surface area contributed by atoms with E-state index in [1.807, 2.05) is 4.90 Å². The summed E-state index contributed by atoms with van der Waals surface area (Å²) in [6.07, 6.45) is 0.996. The maximum Gasteiger partial charge on any atom is 0.317 e. The van der Waals surface area contributed by atoms with Crippen molar-refractivity contribution in [2.75, 3.05) is 32.7 Å². The largest absolute Gasteiger partial charge is 0.338 e. The standard InChI is InChI=1S/C15H31N3O/c1-6-7-16-15(19)18-10-14(11-18)17(8-12(2)3)9-13(4)5/h12-14H,6-11H2,1-5H3,(H,16,19). The number of hydrogen-bond acceptors (Lipinski definition) is 2. The number of nitrogens with zero attached hydrogens (tertiary/aromatic N) is 2. The minimum Gasteiger partial charge on any atom is -0.338 e. The van der Waals surface area contributed by atoms with Crippen molar-refractivity contribution in [2.24, 2.45) is 11.8 Å². The highest BCUT2D eigenvalue weighted by Crippen LogP contribution is 2.18. The molecule has 4 nitrogen and oxygen atoms in total. The molecule has 0 saturated carbocycles. The molecule has 0 aromatic carbocycles. The van der Waals surface area contributed by atoms with Crippen LogP contribution < -0.4 is 5.32 Å². The maximum atomic E-state index is 11.8. The molecular formula is C15H31N3O. The monoisotopic (exact) mass is 269 g/mol. The maximum absolute atomic E-state index is 11.8. The quantitative estimate of drug-likeness (QED) is 0.770. The van der Waals surface area contributed by atoms with Gasteiger partial charge in [-0.1, -0.05) is 34.6 Å². The highest BCUT2D eigenvalue weighted by atomic mass is 16.2. The molecule has 1 heterocycles. The van der Waals surface area contributed by atoms with E-state index in [2.05, 4.69) is 44.8 Å². The second-order valence-electron chi connectivity index (χ2n) is 6.53. The van der Waals surface area contributed by atoms with E-state index >= 15 is 0 Å². The molecule has 1 rings (SSSR count). The first kappa shape index (κ1) is 16.3. The summed E-state index contributed by atoms with van der Waals surface area (Å²) in [5, 5.41) is 2.94. The molecule has 0 spiro atoms. The number of hydrogen-bond donors (Lipinski definition) is 1. The molecule has 1 aliphatic heterocycles. The van der Waals surface area contributed by atoms with E-state index in [9.17, 15) is 4.79 Å². The summed E-state index contributed by atoms with van der Waals surface area (Å²) in [7, 11) is 0. The third kappa shape index (κ3) is 5.39. The molecule has 1 fully saturated rings. The second-order valence-corrected chi connectivity index (χ2v) is 6.53. The van der Waals surface area contributed by atoms with Crippen LogP contribution in [-0.4, -0.2) is 54.6 Å². The van der Waals surface area contributed by atoms with Crippen LogP contribution in [0.4, 0.5) is 4.79 Å². The summed E-state index contributed by atoms with van der Waals surface area (Å²) >= 11 is 0. The summed E-state index contributed by atoms with van der Waals surface area (Å²) < 4.78 is 0. The molecule has 1 saturated heterocycles. The van der Waals surface area contributed by atoms with Gasteiger partial charge in [-0.2, -0.15) is 0 Å². The highest BCUT2D eigenvalue weighted by Gasteiger charge is 2.34. The first-order valence-electron chi connectivity index (χ1n) is 7.70. The van der Waals surface area contributed by atoms with Crippen LogP contribution in [0.15, 0.2) is 0 Å². The molecule has 1 aliphatic rings. The highest BCUT2D eigenvalue weighted by molar-refractivity contribution is 5.75. The molecule has 0 unspecified atom stereocenters. The van der Waals surface area contributed by atoms with Crippen LogP contribution in [0.1, 0.15) is 41.0 Å². The number of nitrogens with one attached hydrogen (secondary N) is 1.